The number of carbonyl (C=O) groups excluding carboxylic acids is 1. The molecule has 1 aliphatic heterocycles. The van der Waals surface area contributed by atoms with Gasteiger partial charge in [-0.3, -0.25) is 4.79 Å². The molecule has 3 aromatic rings. The highest BCUT2D eigenvalue weighted by Gasteiger charge is 2.19. The van der Waals surface area contributed by atoms with Gasteiger partial charge in [-0.25, -0.2) is 0 Å². The van der Waals surface area contributed by atoms with E-state index in [2.05, 4.69) is 10.6 Å². The molecule has 3 N–H and O–H groups in total. The van der Waals surface area contributed by atoms with Crippen LogP contribution in [-0.4, -0.2) is 24.1 Å². The summed E-state index contributed by atoms with van der Waals surface area (Å²) in [5, 5.41) is 16.6. The van der Waals surface area contributed by atoms with Gasteiger partial charge in [0.1, 0.15) is 5.75 Å². The zero-order valence-electron chi connectivity index (χ0n) is 15.7. The third kappa shape index (κ3) is 4.07. The minimum absolute atomic E-state index is 0.00392. The van der Waals surface area contributed by atoms with Crippen molar-refractivity contribution in [2.75, 3.05) is 18.4 Å². The van der Waals surface area contributed by atoms with E-state index in [0.29, 0.717) is 17.2 Å². The van der Waals surface area contributed by atoms with Crippen LogP contribution in [0.4, 0.5) is 5.69 Å². The lowest BCUT2D eigenvalue weighted by molar-refractivity contribution is 0.102. The second kappa shape index (κ2) is 8.28. The van der Waals surface area contributed by atoms with Crippen molar-refractivity contribution in [2.24, 2.45) is 0 Å². The lowest BCUT2D eigenvalue weighted by Gasteiger charge is -2.23. The van der Waals surface area contributed by atoms with E-state index in [0.717, 1.165) is 42.6 Å². The fourth-order valence-corrected chi connectivity index (χ4v) is 3.73. The molecule has 0 aliphatic carbocycles. The minimum atomic E-state index is -0.298. The van der Waals surface area contributed by atoms with Crippen molar-refractivity contribution in [3.05, 3.63) is 83.9 Å². The first kappa shape index (κ1) is 18.3. The number of phenolic OH excluding ortho intramolecular Hbond substituents is 1. The normalized spacial score (nSPS) is 16.5. The average Bonchev–Trinajstić information content (AvgIpc) is 2.75. The number of hydrogen-bond acceptors (Lipinski definition) is 3. The Kier molecular flexibility index (Phi) is 5.40. The van der Waals surface area contributed by atoms with Crippen molar-refractivity contribution in [3.63, 3.8) is 0 Å². The van der Waals surface area contributed by atoms with Crippen LogP contribution in [-0.2, 0) is 0 Å². The number of phenols is 1. The van der Waals surface area contributed by atoms with Crippen LogP contribution < -0.4 is 10.6 Å². The second-order valence-corrected chi connectivity index (χ2v) is 7.22. The van der Waals surface area contributed by atoms with E-state index in [1.807, 2.05) is 66.7 Å². The molecule has 0 bridgehead atoms. The van der Waals surface area contributed by atoms with E-state index in [1.54, 1.807) is 6.07 Å². The molecule has 0 radical (unpaired) electrons. The Labute approximate surface area is 165 Å². The molecule has 0 aromatic heterocycles. The van der Waals surface area contributed by atoms with Crippen molar-refractivity contribution in [3.8, 4) is 16.9 Å². The third-order valence-electron chi connectivity index (χ3n) is 5.26. The molecule has 4 rings (SSSR count). The maximum absolute atomic E-state index is 12.8. The maximum atomic E-state index is 12.8. The highest BCUT2D eigenvalue weighted by atomic mass is 16.3. The molecule has 0 saturated carbocycles. The Morgan fingerprint density at radius 2 is 1.79 bits per heavy atom. The highest BCUT2D eigenvalue weighted by Crippen LogP contribution is 2.29. The van der Waals surface area contributed by atoms with Gasteiger partial charge in [0.2, 0.25) is 0 Å². The van der Waals surface area contributed by atoms with Crippen molar-refractivity contribution >= 4 is 11.6 Å². The highest BCUT2D eigenvalue weighted by molar-refractivity contribution is 6.06. The van der Waals surface area contributed by atoms with Gasteiger partial charge in [0.25, 0.3) is 5.91 Å². The molecule has 4 nitrogen and oxygen atoms in total. The maximum Gasteiger partial charge on any atom is 0.259 e. The van der Waals surface area contributed by atoms with E-state index in [4.69, 9.17) is 0 Å². The van der Waals surface area contributed by atoms with Crippen LogP contribution >= 0.6 is 0 Å². The molecule has 1 unspecified atom stereocenters. The van der Waals surface area contributed by atoms with Crippen LogP contribution in [0.1, 0.15) is 34.7 Å². The Balaban J connectivity index is 1.55. The van der Waals surface area contributed by atoms with Gasteiger partial charge in [0, 0.05) is 12.2 Å². The van der Waals surface area contributed by atoms with Gasteiger partial charge in [0.15, 0.2) is 0 Å². The van der Waals surface area contributed by atoms with Crippen molar-refractivity contribution in [2.45, 2.75) is 18.8 Å². The van der Waals surface area contributed by atoms with Crippen molar-refractivity contribution < 1.29 is 9.90 Å². The SMILES string of the molecule is O=C(Nc1cccc(-c2ccccc2)c1)c1cc(C2CCCNC2)ccc1O. The second-order valence-electron chi connectivity index (χ2n) is 7.22. The van der Waals surface area contributed by atoms with Crippen LogP contribution in [0.5, 0.6) is 5.75 Å². The van der Waals surface area contributed by atoms with E-state index < -0.39 is 0 Å². The monoisotopic (exact) mass is 372 g/mol. The van der Waals surface area contributed by atoms with Crippen LogP contribution in [0, 0.1) is 0 Å². The third-order valence-corrected chi connectivity index (χ3v) is 5.26. The smallest absolute Gasteiger partial charge is 0.259 e. The van der Waals surface area contributed by atoms with Crippen LogP contribution in [0.25, 0.3) is 11.1 Å². The standard InChI is InChI=1S/C24H24N2O2/c27-23-12-11-19(20-9-5-13-25-16-20)15-22(23)24(28)26-21-10-4-8-18(14-21)17-6-2-1-3-7-17/h1-4,6-8,10-12,14-15,20,25,27H,5,9,13,16H2,(H,26,28). The lowest BCUT2D eigenvalue weighted by Crippen LogP contribution is -2.28. The fourth-order valence-electron chi connectivity index (χ4n) is 3.73. The summed E-state index contributed by atoms with van der Waals surface area (Å²) in [4.78, 5) is 12.8. The lowest BCUT2D eigenvalue weighted by atomic mass is 9.90. The number of rotatable bonds is 4. The number of aromatic hydroxyl groups is 1. The number of anilines is 1. The molecule has 3 aromatic carbocycles. The van der Waals surface area contributed by atoms with Crippen LogP contribution in [0.3, 0.4) is 0 Å². The van der Waals surface area contributed by atoms with Crippen LogP contribution in [0.15, 0.2) is 72.8 Å². The van der Waals surface area contributed by atoms with E-state index in [9.17, 15) is 9.90 Å². The largest absolute Gasteiger partial charge is 0.507 e. The minimum Gasteiger partial charge on any atom is -0.507 e. The Morgan fingerprint density at radius 3 is 2.57 bits per heavy atom. The summed E-state index contributed by atoms with van der Waals surface area (Å²) in [5.41, 5.74) is 4.23. The summed E-state index contributed by atoms with van der Waals surface area (Å²) in [6.07, 6.45) is 2.22. The fraction of sp³-hybridized carbons (Fsp3) is 0.208. The summed E-state index contributed by atoms with van der Waals surface area (Å²) in [6.45, 7) is 1.95. The number of benzene rings is 3. The van der Waals surface area contributed by atoms with Crippen molar-refractivity contribution in [1.29, 1.82) is 0 Å². The van der Waals surface area contributed by atoms with Gasteiger partial charge in [0.05, 0.1) is 5.56 Å². The molecule has 142 valence electrons. The molecular weight excluding hydrogens is 348 g/mol. The Hall–Kier alpha value is -3.11. The van der Waals surface area contributed by atoms with E-state index in [-0.39, 0.29) is 11.7 Å². The first-order valence-electron chi connectivity index (χ1n) is 9.71. The zero-order valence-corrected chi connectivity index (χ0v) is 15.7. The summed E-state index contributed by atoms with van der Waals surface area (Å²) < 4.78 is 0. The molecule has 0 spiro atoms. The average molecular weight is 372 g/mol. The summed E-state index contributed by atoms with van der Waals surface area (Å²) in [6, 6.07) is 23.1. The van der Waals surface area contributed by atoms with Gasteiger partial charge < -0.3 is 15.7 Å². The Bertz CT molecular complexity index is 963. The van der Waals surface area contributed by atoms with Crippen LogP contribution in [0.2, 0.25) is 0 Å². The Morgan fingerprint density at radius 1 is 0.964 bits per heavy atom. The number of amides is 1. The van der Waals surface area contributed by atoms with Gasteiger partial charge in [-0.15, -0.1) is 0 Å². The zero-order chi connectivity index (χ0) is 19.3. The molecule has 1 aliphatic rings. The predicted molar refractivity (Wildman–Crippen MR) is 113 cm³/mol. The molecular formula is C24H24N2O2. The van der Waals surface area contributed by atoms with E-state index in [1.165, 1.54) is 0 Å². The quantitative estimate of drug-likeness (QED) is 0.618. The predicted octanol–water partition coefficient (Wildman–Crippen LogP) is 4.78. The molecule has 4 heteroatoms. The summed E-state index contributed by atoms with van der Waals surface area (Å²) in [5.74, 6) is 0.0832. The van der Waals surface area contributed by atoms with E-state index >= 15 is 0 Å². The van der Waals surface area contributed by atoms with Gasteiger partial charge >= 0.3 is 0 Å². The molecule has 28 heavy (non-hydrogen) atoms. The summed E-state index contributed by atoms with van der Waals surface area (Å²) >= 11 is 0. The number of carbonyl (C=O) groups is 1. The summed E-state index contributed by atoms with van der Waals surface area (Å²) in [7, 11) is 0. The molecule has 1 heterocycles. The molecule has 1 saturated heterocycles. The number of piperidine rings is 1. The molecule has 1 fully saturated rings. The van der Waals surface area contributed by atoms with Crippen molar-refractivity contribution in [1.82, 2.24) is 5.32 Å². The van der Waals surface area contributed by atoms with Gasteiger partial charge in [-0.1, -0.05) is 48.5 Å². The van der Waals surface area contributed by atoms with Gasteiger partial charge in [-0.2, -0.15) is 0 Å². The number of hydrogen-bond donors (Lipinski definition) is 3. The number of nitrogens with one attached hydrogen (secondary N) is 2. The first-order valence-corrected chi connectivity index (χ1v) is 9.71. The van der Waals surface area contributed by atoms with Gasteiger partial charge in [-0.05, 0) is 66.3 Å². The first-order chi connectivity index (χ1) is 13.7. The molecule has 1 amide bonds. The molecule has 1 atom stereocenters. The topological polar surface area (TPSA) is 61.4 Å².